The molecule has 4 rings (SSSR count). The molecule has 0 bridgehead atoms. The molecule has 0 unspecified atom stereocenters. The van der Waals surface area contributed by atoms with Gasteiger partial charge in [0.15, 0.2) is 0 Å². The molecule has 23 heavy (non-hydrogen) atoms. The number of fused-ring (bicyclic) bond motifs is 3. The Labute approximate surface area is 142 Å². The number of halogens is 1. The monoisotopic (exact) mass is 325 g/mol. The van der Waals surface area contributed by atoms with Crippen LogP contribution in [0.4, 0.5) is 5.69 Å². The van der Waals surface area contributed by atoms with Gasteiger partial charge in [-0.05, 0) is 54.7 Å². The highest BCUT2D eigenvalue weighted by Gasteiger charge is 2.38. The number of benzene rings is 2. The number of allylic oxidation sites excluding steroid dienone is 2. The lowest BCUT2D eigenvalue weighted by Gasteiger charge is -2.38. The Morgan fingerprint density at radius 2 is 2.04 bits per heavy atom. The van der Waals surface area contributed by atoms with E-state index in [1.807, 2.05) is 25.1 Å². The minimum Gasteiger partial charge on any atom is -0.494 e. The van der Waals surface area contributed by atoms with Crippen molar-refractivity contribution < 1.29 is 4.74 Å². The summed E-state index contributed by atoms with van der Waals surface area (Å²) in [6.07, 6.45) is 5.71. The summed E-state index contributed by atoms with van der Waals surface area (Å²) in [5.74, 6) is 1.87. The maximum absolute atomic E-state index is 6.46. The Balaban J connectivity index is 1.76. The van der Waals surface area contributed by atoms with Gasteiger partial charge in [0, 0.05) is 16.6 Å². The molecule has 1 heterocycles. The third-order valence-electron chi connectivity index (χ3n) is 4.89. The van der Waals surface area contributed by atoms with Crippen molar-refractivity contribution in [3.05, 3.63) is 70.8 Å². The molecule has 1 aliphatic heterocycles. The lowest BCUT2D eigenvalue weighted by atomic mass is 9.77. The molecule has 2 nitrogen and oxygen atoms in total. The Morgan fingerprint density at radius 3 is 2.87 bits per heavy atom. The van der Waals surface area contributed by atoms with Gasteiger partial charge in [0.05, 0.1) is 12.6 Å². The van der Waals surface area contributed by atoms with E-state index in [0.29, 0.717) is 18.4 Å². The second-order valence-corrected chi connectivity index (χ2v) is 6.59. The molecule has 0 fully saturated rings. The average Bonchev–Trinajstić information content (AvgIpc) is 3.05. The Bertz CT molecular complexity index is 755. The lowest BCUT2D eigenvalue weighted by Crippen LogP contribution is -2.29. The molecule has 0 spiro atoms. The summed E-state index contributed by atoms with van der Waals surface area (Å²) in [6, 6.07) is 14.8. The molecule has 0 aromatic heterocycles. The van der Waals surface area contributed by atoms with E-state index in [4.69, 9.17) is 16.3 Å². The van der Waals surface area contributed by atoms with Gasteiger partial charge < -0.3 is 10.1 Å². The minimum absolute atomic E-state index is 0.245. The second kappa shape index (κ2) is 5.93. The van der Waals surface area contributed by atoms with Crippen LogP contribution in [-0.4, -0.2) is 6.61 Å². The maximum atomic E-state index is 6.46. The van der Waals surface area contributed by atoms with Crippen LogP contribution in [0, 0.1) is 5.92 Å². The van der Waals surface area contributed by atoms with Crippen LogP contribution < -0.4 is 10.1 Å². The van der Waals surface area contributed by atoms with Gasteiger partial charge in [-0.1, -0.05) is 42.0 Å². The van der Waals surface area contributed by atoms with Gasteiger partial charge in [0.1, 0.15) is 5.75 Å². The molecule has 1 N–H and O–H groups in total. The lowest BCUT2D eigenvalue weighted by molar-refractivity contribution is 0.338. The summed E-state index contributed by atoms with van der Waals surface area (Å²) in [5.41, 5.74) is 3.71. The van der Waals surface area contributed by atoms with Crippen LogP contribution in [0.2, 0.25) is 5.02 Å². The summed E-state index contributed by atoms with van der Waals surface area (Å²) in [6.45, 7) is 2.71. The Kier molecular flexibility index (Phi) is 3.78. The Morgan fingerprint density at radius 1 is 1.17 bits per heavy atom. The summed E-state index contributed by atoms with van der Waals surface area (Å²) in [4.78, 5) is 0. The van der Waals surface area contributed by atoms with E-state index in [0.717, 1.165) is 17.2 Å². The average molecular weight is 326 g/mol. The number of nitrogens with one attached hydrogen (secondary N) is 1. The van der Waals surface area contributed by atoms with Crippen molar-refractivity contribution in [1.82, 2.24) is 0 Å². The SMILES string of the molecule is CCOc1ccc2c(c1)[C@H]1C=CC[C@@H]1[C@H](c1ccccc1Cl)N2. The fourth-order valence-corrected chi connectivity index (χ4v) is 4.12. The van der Waals surface area contributed by atoms with Crippen molar-refractivity contribution in [2.24, 2.45) is 5.92 Å². The molecule has 0 radical (unpaired) electrons. The molecule has 118 valence electrons. The number of ether oxygens (including phenoxy) is 1. The molecule has 0 amide bonds. The highest BCUT2D eigenvalue weighted by Crippen LogP contribution is 2.51. The molecule has 0 saturated heterocycles. The summed E-state index contributed by atoms with van der Waals surface area (Å²) >= 11 is 6.46. The van der Waals surface area contributed by atoms with Crippen LogP contribution in [0.3, 0.4) is 0 Å². The topological polar surface area (TPSA) is 21.3 Å². The highest BCUT2D eigenvalue weighted by atomic mass is 35.5. The van der Waals surface area contributed by atoms with Gasteiger partial charge in [-0.25, -0.2) is 0 Å². The van der Waals surface area contributed by atoms with Gasteiger partial charge in [-0.2, -0.15) is 0 Å². The van der Waals surface area contributed by atoms with Gasteiger partial charge in [-0.3, -0.25) is 0 Å². The van der Waals surface area contributed by atoms with Crippen molar-refractivity contribution in [3.8, 4) is 5.75 Å². The van der Waals surface area contributed by atoms with Crippen molar-refractivity contribution in [2.75, 3.05) is 11.9 Å². The number of anilines is 1. The summed E-state index contributed by atoms with van der Waals surface area (Å²) < 4.78 is 5.68. The minimum atomic E-state index is 0.245. The maximum Gasteiger partial charge on any atom is 0.119 e. The van der Waals surface area contributed by atoms with Crippen molar-refractivity contribution in [2.45, 2.75) is 25.3 Å². The fraction of sp³-hybridized carbons (Fsp3) is 0.300. The van der Waals surface area contributed by atoms with Crippen LogP contribution in [0.15, 0.2) is 54.6 Å². The van der Waals surface area contributed by atoms with Gasteiger partial charge >= 0.3 is 0 Å². The van der Waals surface area contributed by atoms with E-state index >= 15 is 0 Å². The molecule has 1 aliphatic carbocycles. The fourth-order valence-electron chi connectivity index (χ4n) is 3.86. The molecule has 2 aliphatic rings. The summed E-state index contributed by atoms with van der Waals surface area (Å²) in [7, 11) is 0. The third kappa shape index (κ3) is 2.51. The van der Waals surface area contributed by atoms with E-state index in [-0.39, 0.29) is 6.04 Å². The second-order valence-electron chi connectivity index (χ2n) is 6.18. The molecule has 2 aromatic carbocycles. The molecule has 0 saturated carbocycles. The predicted octanol–water partition coefficient (Wildman–Crippen LogP) is 5.57. The van der Waals surface area contributed by atoms with Crippen LogP contribution in [-0.2, 0) is 0 Å². The third-order valence-corrected chi connectivity index (χ3v) is 5.23. The smallest absolute Gasteiger partial charge is 0.119 e. The largest absolute Gasteiger partial charge is 0.494 e. The summed E-state index contributed by atoms with van der Waals surface area (Å²) in [5, 5.41) is 4.55. The molecule has 3 atom stereocenters. The zero-order valence-electron chi connectivity index (χ0n) is 13.1. The molecular formula is C20H20ClNO. The zero-order chi connectivity index (χ0) is 15.8. The van der Waals surface area contributed by atoms with Crippen LogP contribution in [0.25, 0.3) is 0 Å². The van der Waals surface area contributed by atoms with Crippen LogP contribution >= 0.6 is 11.6 Å². The van der Waals surface area contributed by atoms with E-state index in [1.54, 1.807) is 0 Å². The van der Waals surface area contributed by atoms with E-state index in [1.165, 1.54) is 16.8 Å². The first kappa shape index (κ1) is 14.6. The molecule has 2 aromatic rings. The number of hydrogen-bond acceptors (Lipinski definition) is 2. The quantitative estimate of drug-likeness (QED) is 0.745. The first-order valence-corrected chi connectivity index (χ1v) is 8.60. The van der Waals surface area contributed by atoms with Gasteiger partial charge in [-0.15, -0.1) is 0 Å². The molecular weight excluding hydrogens is 306 g/mol. The van der Waals surface area contributed by atoms with Gasteiger partial charge in [0.25, 0.3) is 0 Å². The number of rotatable bonds is 3. The van der Waals surface area contributed by atoms with Gasteiger partial charge in [0.2, 0.25) is 0 Å². The first-order chi connectivity index (χ1) is 11.3. The number of hydrogen-bond donors (Lipinski definition) is 1. The standard InChI is InChI=1S/C20H20ClNO/c1-2-23-13-10-11-19-17(12-13)14-7-5-8-15(14)20(22-19)16-6-3-4-9-18(16)21/h3-7,9-12,14-15,20,22H,2,8H2,1H3/t14-,15-,20+/m0/s1. The van der Waals surface area contributed by atoms with Crippen LogP contribution in [0.1, 0.15) is 36.4 Å². The highest BCUT2D eigenvalue weighted by molar-refractivity contribution is 6.31. The van der Waals surface area contributed by atoms with E-state index < -0.39 is 0 Å². The van der Waals surface area contributed by atoms with E-state index in [2.05, 4.69) is 41.7 Å². The predicted molar refractivity (Wildman–Crippen MR) is 95.4 cm³/mol. The van der Waals surface area contributed by atoms with Crippen molar-refractivity contribution in [1.29, 1.82) is 0 Å². The normalized spacial score (nSPS) is 24.7. The van der Waals surface area contributed by atoms with E-state index in [9.17, 15) is 0 Å². The molecule has 3 heteroatoms. The van der Waals surface area contributed by atoms with Crippen LogP contribution in [0.5, 0.6) is 5.75 Å². The van der Waals surface area contributed by atoms with Crippen molar-refractivity contribution in [3.63, 3.8) is 0 Å². The first-order valence-electron chi connectivity index (χ1n) is 8.22. The Hall–Kier alpha value is -1.93. The van der Waals surface area contributed by atoms with Crippen molar-refractivity contribution >= 4 is 17.3 Å². The zero-order valence-corrected chi connectivity index (χ0v) is 13.9.